The zero-order valence-corrected chi connectivity index (χ0v) is 36.8. The first-order chi connectivity index (χ1) is 31.4. The van der Waals surface area contributed by atoms with E-state index in [-0.39, 0.29) is 53.6 Å². The number of hydrogen-bond donors (Lipinski definition) is 3. The molecule has 27 heteroatoms. The van der Waals surface area contributed by atoms with Gasteiger partial charge in [0.25, 0.3) is 11.8 Å². The van der Waals surface area contributed by atoms with E-state index in [0.29, 0.717) is 11.1 Å². The second-order valence-corrected chi connectivity index (χ2v) is 20.8. The molecule has 336 valence electrons. The topological polar surface area (TPSA) is 260 Å². The molecule has 22 nitrogen and oxygen atoms in total. The van der Waals surface area contributed by atoms with Crippen LogP contribution in [0.3, 0.4) is 0 Å². The fourth-order valence-corrected chi connectivity index (χ4v) is 11.4. The molecule has 3 unspecified atom stereocenters. The van der Waals surface area contributed by atoms with Crippen LogP contribution in [0.4, 0.5) is 16.0 Å². The van der Waals surface area contributed by atoms with Crippen LogP contribution in [-0.2, 0) is 53.2 Å². The number of anilines is 2. The Morgan fingerprint density at radius 3 is 2.06 bits per heavy atom. The third-order valence-corrected chi connectivity index (χ3v) is 14.8. The molecule has 4 saturated heterocycles. The molecule has 6 aromatic rings. The van der Waals surface area contributed by atoms with Gasteiger partial charge in [-0.15, -0.1) is 0 Å². The molecular weight excluding hydrogens is 932 g/mol. The summed E-state index contributed by atoms with van der Waals surface area (Å²) in [5, 5.41) is 14.8. The highest BCUT2D eigenvalue weighted by molar-refractivity contribution is 8.44. The molecule has 4 aromatic heterocycles. The molecule has 10 rings (SSSR count). The van der Waals surface area contributed by atoms with Crippen molar-refractivity contribution in [3.05, 3.63) is 97.1 Å². The number of nitrogens with one attached hydrogen (secondary N) is 2. The van der Waals surface area contributed by atoms with Gasteiger partial charge in [-0.3, -0.25) is 32.3 Å². The van der Waals surface area contributed by atoms with Crippen LogP contribution in [0.25, 0.3) is 22.3 Å². The van der Waals surface area contributed by atoms with E-state index in [0.717, 1.165) is 0 Å². The maximum absolute atomic E-state index is 16.9. The average Bonchev–Trinajstić information content (AvgIpc) is 4.14. The van der Waals surface area contributed by atoms with Crippen LogP contribution in [-0.4, -0.2) is 113 Å². The standard InChI is InChI=1S/C38H34FN11O11P2S2/c39-24-27-23(58-36(24)49-19-45-25-30(41-17-43-32(25)49)47-34(51)21-8-3-1-4-9-21)14-56-63(65,55-13-7-12-40)61-29-28-37(59-38(29,15-54-28)16-57-62(53,64)60-27)50-20-46-26-31(42-18-44-33(26)50)48-35(52)22-10-5-2-6-11-22/h1-6,8-11,17-20,23-24,27-29,36-37H,7,13-16H2,(H,53,64)(H,41,43,47,51)(H,42,44,48,52)/t23-,24-,27-,28-,29+,36-,37-,38?,62?,63?/m1/s1. The van der Waals surface area contributed by atoms with Crippen LogP contribution in [0.5, 0.6) is 0 Å². The van der Waals surface area contributed by atoms with Gasteiger partial charge < -0.3 is 33.9 Å². The Bertz CT molecular complexity index is 2940. The first-order valence-electron chi connectivity index (χ1n) is 19.7. The summed E-state index contributed by atoms with van der Waals surface area (Å²) < 4.78 is 83.3. The molecule has 0 spiro atoms. The summed E-state index contributed by atoms with van der Waals surface area (Å²) in [6, 6.07) is 19.0. The maximum atomic E-state index is 16.9. The van der Waals surface area contributed by atoms with Crippen molar-refractivity contribution < 1.29 is 55.4 Å². The summed E-state index contributed by atoms with van der Waals surface area (Å²) >= 11 is 10.2. The van der Waals surface area contributed by atoms with E-state index in [4.69, 9.17) is 48.6 Å². The number of alkyl halides is 1. The molecule has 65 heavy (non-hydrogen) atoms. The predicted molar refractivity (Wildman–Crippen MR) is 230 cm³/mol. The minimum atomic E-state index is -4.49. The molecule has 2 bridgehead atoms. The lowest BCUT2D eigenvalue weighted by Gasteiger charge is -2.34. The van der Waals surface area contributed by atoms with Crippen LogP contribution in [0.15, 0.2) is 86.0 Å². The van der Waals surface area contributed by atoms with Crippen molar-refractivity contribution >= 4 is 83.3 Å². The number of rotatable bonds is 9. The van der Waals surface area contributed by atoms with Crippen LogP contribution in [0.2, 0.25) is 0 Å². The van der Waals surface area contributed by atoms with E-state index in [2.05, 4.69) is 52.8 Å². The van der Waals surface area contributed by atoms with Gasteiger partial charge in [-0.2, -0.15) is 5.26 Å². The number of halogens is 1. The molecule has 4 fully saturated rings. The van der Waals surface area contributed by atoms with E-state index >= 15 is 4.39 Å². The number of ether oxygens (including phenoxy) is 3. The second-order valence-electron chi connectivity index (χ2n) is 14.9. The fourth-order valence-electron chi connectivity index (χ4n) is 7.83. The summed E-state index contributed by atoms with van der Waals surface area (Å²) in [5.74, 6) is -0.693. The number of benzene rings is 2. The predicted octanol–water partition coefficient (Wildman–Crippen LogP) is 5.08. The molecule has 0 saturated carbocycles. The van der Waals surface area contributed by atoms with Crippen molar-refractivity contribution in [2.24, 2.45) is 0 Å². The van der Waals surface area contributed by atoms with E-state index in [9.17, 15) is 19.4 Å². The van der Waals surface area contributed by atoms with Crippen molar-refractivity contribution in [2.45, 2.75) is 55.1 Å². The minimum Gasteiger partial charge on any atom is -0.367 e. The molecule has 4 aliphatic rings. The quantitative estimate of drug-likeness (QED) is 0.0969. The third kappa shape index (κ3) is 8.35. The zero-order valence-electron chi connectivity index (χ0n) is 33.3. The van der Waals surface area contributed by atoms with Crippen LogP contribution >= 0.6 is 25.8 Å². The van der Waals surface area contributed by atoms with E-state index in [1.165, 1.54) is 29.9 Å². The minimum absolute atomic E-state index is 0.0574. The first kappa shape index (κ1) is 43.7. The van der Waals surface area contributed by atoms with Gasteiger partial charge in [0, 0.05) is 11.1 Å². The van der Waals surface area contributed by atoms with Crippen molar-refractivity contribution in [1.82, 2.24) is 39.0 Å². The first-order valence-corrected chi connectivity index (χ1v) is 25.0. The van der Waals surface area contributed by atoms with Crippen LogP contribution in [0, 0.1) is 11.3 Å². The zero-order chi connectivity index (χ0) is 44.9. The monoisotopic (exact) mass is 965 g/mol. The number of nitriles is 1. The Kier molecular flexibility index (Phi) is 11.8. The molecular formula is C38H34FN11O11P2S2. The van der Waals surface area contributed by atoms with Gasteiger partial charge in [0.05, 0.1) is 51.6 Å². The van der Waals surface area contributed by atoms with Gasteiger partial charge in [0.2, 0.25) is 0 Å². The summed E-state index contributed by atoms with van der Waals surface area (Å²) in [6.07, 6.45) is -4.74. The third-order valence-electron chi connectivity index (χ3n) is 10.9. The highest BCUT2D eigenvalue weighted by atomic mass is 32.7. The molecule has 0 aliphatic carbocycles. The van der Waals surface area contributed by atoms with Gasteiger partial charge in [0.15, 0.2) is 52.6 Å². The number of imidazole rings is 2. The summed E-state index contributed by atoms with van der Waals surface area (Å²) in [6.45, 7) is -9.87. The van der Waals surface area contributed by atoms with Crippen LogP contribution in [0.1, 0.15) is 39.6 Å². The molecule has 8 heterocycles. The molecule has 4 aliphatic heterocycles. The fraction of sp³-hybridized carbons (Fsp3) is 0.342. The van der Waals surface area contributed by atoms with E-state index in [1.54, 1.807) is 65.2 Å². The number of amides is 2. The van der Waals surface area contributed by atoms with Crippen molar-refractivity contribution in [2.75, 3.05) is 37.1 Å². The van der Waals surface area contributed by atoms with E-state index in [1.807, 2.05) is 6.07 Å². The summed E-state index contributed by atoms with van der Waals surface area (Å²) in [7, 11) is 0. The number of nitrogens with zero attached hydrogens (tertiary/aromatic N) is 9. The SMILES string of the molecule is N#CCCOP1(=S)OC[C@H]2O[C@@H](n3cnc4c(NC(=O)c5ccccc5)ncnc43)[C@H](F)[C@@H]2OP(=O)(S)OCC23CO[C@@H]([C@H](n4cnc5c(NC(=O)c6ccccc6)ncnc54)O2)[C@@H]3O1. The van der Waals surface area contributed by atoms with E-state index < -0.39 is 87.2 Å². The number of fused-ring (bicyclic) bond motifs is 3. The Hall–Kier alpha value is -5.19. The molecule has 2 N–H and O–H groups in total. The average molecular weight is 966 g/mol. The number of aromatic nitrogens is 8. The number of carbonyl (C=O) groups is 2. The largest absolute Gasteiger partial charge is 0.386 e. The van der Waals surface area contributed by atoms with Crippen molar-refractivity contribution in [1.29, 1.82) is 5.26 Å². The van der Waals surface area contributed by atoms with Gasteiger partial charge in [-0.25, -0.2) is 38.9 Å². The van der Waals surface area contributed by atoms with Crippen molar-refractivity contribution in [3.63, 3.8) is 0 Å². The Labute approximate surface area is 377 Å². The molecule has 0 radical (unpaired) electrons. The van der Waals surface area contributed by atoms with Gasteiger partial charge in [-0.1, -0.05) is 48.6 Å². The number of carbonyl (C=O) groups excluding carboxylic acids is 2. The normalized spacial score (nSPS) is 31.1. The van der Waals surface area contributed by atoms with Gasteiger partial charge in [-0.05, 0) is 36.1 Å². The highest BCUT2D eigenvalue weighted by Crippen LogP contribution is 2.62. The van der Waals surface area contributed by atoms with Crippen LogP contribution < -0.4 is 10.6 Å². The lowest BCUT2D eigenvalue weighted by molar-refractivity contribution is -0.183. The Balaban J connectivity index is 0.928. The lowest BCUT2D eigenvalue weighted by atomic mass is 10.0. The smallest absolute Gasteiger partial charge is 0.367 e. The Morgan fingerprint density at radius 1 is 0.862 bits per heavy atom. The van der Waals surface area contributed by atoms with Gasteiger partial charge in [0.1, 0.15) is 42.7 Å². The highest BCUT2D eigenvalue weighted by Gasteiger charge is 2.66. The molecule has 10 atom stereocenters. The molecule has 2 aromatic carbocycles. The summed E-state index contributed by atoms with van der Waals surface area (Å²) in [4.78, 5) is 51.9. The lowest BCUT2D eigenvalue weighted by Crippen LogP contribution is -2.46. The maximum Gasteiger partial charge on any atom is 0.386 e. The molecule has 2 amide bonds. The van der Waals surface area contributed by atoms with Crippen molar-refractivity contribution in [3.8, 4) is 6.07 Å². The Morgan fingerprint density at radius 2 is 1.46 bits per heavy atom. The number of thiol groups is 1. The summed E-state index contributed by atoms with van der Waals surface area (Å²) in [5.41, 5.74) is -0.117. The van der Waals surface area contributed by atoms with Gasteiger partial charge >= 0.3 is 13.5 Å². The number of hydrogen-bond acceptors (Lipinski definition) is 19. The second kappa shape index (κ2) is 17.6.